The first-order chi connectivity index (χ1) is 39.6. The van der Waals surface area contributed by atoms with Gasteiger partial charge in [-0.3, -0.25) is 37.3 Å². The van der Waals surface area contributed by atoms with E-state index in [1.807, 2.05) is 0 Å². The van der Waals surface area contributed by atoms with Crippen LogP contribution in [-0.2, 0) is 65.4 Å². The molecule has 0 heterocycles. The minimum atomic E-state index is -4.94. The van der Waals surface area contributed by atoms with Crippen molar-refractivity contribution in [2.45, 2.75) is 324 Å². The van der Waals surface area contributed by atoms with Gasteiger partial charge in [0, 0.05) is 25.7 Å². The third-order valence-electron chi connectivity index (χ3n) is 14.6. The summed E-state index contributed by atoms with van der Waals surface area (Å²) >= 11 is 0. The molecule has 3 N–H and O–H groups in total. The zero-order valence-electron chi connectivity index (χ0n) is 53.8. The summed E-state index contributed by atoms with van der Waals surface area (Å²) in [4.78, 5) is 72.2. The average Bonchev–Trinajstić information content (AvgIpc) is 3.42. The molecule has 0 saturated heterocycles. The summed E-state index contributed by atoms with van der Waals surface area (Å²) in [5, 5.41) is 10.5. The quantitative estimate of drug-likeness (QED) is 0.0222. The monoisotopic (exact) mass is 1230 g/mol. The first-order valence-corrected chi connectivity index (χ1v) is 36.2. The van der Waals surface area contributed by atoms with Crippen LogP contribution in [-0.4, -0.2) is 96.7 Å². The standard InChI is InChI=1S/C64H124O17P2/c1-54(2)40-32-24-16-11-9-10-12-20-28-36-44-61(66)74-50-59(80-63(68)46-38-30-22-14-18-26-34-42-56(5)6)52-78-82(70,71)76-48-58(65)49-77-83(72,73)79-53-60(81-64(69)47-39-31-23-15-19-27-35-43-57(7)8)51-75-62(67)45-37-29-21-13-17-25-33-41-55(3)4/h54-60,65H,9-53H2,1-8H3,(H,70,71)(H,72,73)/t58?,59-,60-/m1/s1. The number of phosphoric acid groups is 2. The number of carbonyl (C=O) groups excluding carboxylic acids is 4. The van der Waals surface area contributed by atoms with E-state index in [0.717, 1.165) is 102 Å². The number of unbranched alkanes of at least 4 members (excludes halogenated alkanes) is 27. The highest BCUT2D eigenvalue weighted by Crippen LogP contribution is 2.45. The van der Waals surface area contributed by atoms with Crippen LogP contribution in [0.4, 0.5) is 0 Å². The van der Waals surface area contributed by atoms with E-state index in [4.69, 9.17) is 37.0 Å². The highest BCUT2D eigenvalue weighted by molar-refractivity contribution is 7.47. The van der Waals surface area contributed by atoms with Gasteiger partial charge in [0.05, 0.1) is 26.4 Å². The fraction of sp³-hybridized carbons (Fsp3) is 0.938. The first-order valence-electron chi connectivity index (χ1n) is 33.2. The number of aliphatic hydroxyl groups is 1. The molecule has 3 unspecified atom stereocenters. The maximum Gasteiger partial charge on any atom is 0.472 e. The van der Waals surface area contributed by atoms with Gasteiger partial charge in [-0.25, -0.2) is 9.13 Å². The van der Waals surface area contributed by atoms with Crippen LogP contribution in [0.2, 0.25) is 0 Å². The Labute approximate surface area is 505 Å². The molecule has 492 valence electrons. The second-order valence-electron chi connectivity index (χ2n) is 25.1. The second kappa shape index (κ2) is 54.2. The van der Waals surface area contributed by atoms with E-state index in [1.165, 1.54) is 103 Å². The van der Waals surface area contributed by atoms with E-state index in [9.17, 15) is 43.2 Å². The summed E-state index contributed by atoms with van der Waals surface area (Å²) in [7, 11) is -9.89. The Balaban J connectivity index is 5.24. The number of hydrogen-bond acceptors (Lipinski definition) is 15. The number of ether oxygens (including phenoxy) is 4. The third-order valence-corrected chi connectivity index (χ3v) is 16.5. The summed E-state index contributed by atoms with van der Waals surface area (Å²) in [5.41, 5.74) is 0. The zero-order chi connectivity index (χ0) is 61.8. The van der Waals surface area contributed by atoms with Gasteiger partial charge in [-0.05, 0) is 49.4 Å². The van der Waals surface area contributed by atoms with Gasteiger partial charge in [-0.2, -0.15) is 0 Å². The summed E-state index contributed by atoms with van der Waals surface area (Å²) in [6, 6.07) is 0. The van der Waals surface area contributed by atoms with Crippen molar-refractivity contribution in [1.29, 1.82) is 0 Å². The van der Waals surface area contributed by atoms with Crippen molar-refractivity contribution in [3.8, 4) is 0 Å². The molecule has 0 bridgehead atoms. The normalized spacial score (nSPS) is 14.4. The number of carbonyl (C=O) groups is 4. The summed E-state index contributed by atoms with van der Waals surface area (Å²) in [6.45, 7) is 13.9. The minimum Gasteiger partial charge on any atom is -0.462 e. The fourth-order valence-corrected chi connectivity index (χ4v) is 11.0. The SMILES string of the molecule is CC(C)CCCCCCCCCCCCC(=O)OC[C@H](COP(=O)(O)OCC(O)COP(=O)(O)OC[C@@H](COC(=O)CCCCCCCCCC(C)C)OC(=O)CCCCCCCCCC(C)C)OC(=O)CCCCCCCCCC(C)C. The van der Waals surface area contributed by atoms with Crippen molar-refractivity contribution in [3.05, 3.63) is 0 Å². The molecular weight excluding hydrogens is 1100 g/mol. The van der Waals surface area contributed by atoms with Crippen LogP contribution < -0.4 is 0 Å². The van der Waals surface area contributed by atoms with Crippen molar-refractivity contribution in [2.75, 3.05) is 39.6 Å². The Morgan fingerprint density at radius 2 is 0.506 bits per heavy atom. The Hall–Kier alpha value is -1.94. The molecule has 5 atom stereocenters. The van der Waals surface area contributed by atoms with Crippen LogP contribution in [0.1, 0.15) is 306 Å². The number of rotatable bonds is 61. The first kappa shape index (κ1) is 81.1. The molecule has 0 spiro atoms. The zero-order valence-corrected chi connectivity index (χ0v) is 55.6. The topological polar surface area (TPSA) is 237 Å². The van der Waals surface area contributed by atoms with Gasteiger partial charge < -0.3 is 33.8 Å². The van der Waals surface area contributed by atoms with Crippen molar-refractivity contribution >= 4 is 39.5 Å². The molecule has 0 aromatic carbocycles. The fourth-order valence-electron chi connectivity index (χ4n) is 9.43. The van der Waals surface area contributed by atoms with Gasteiger partial charge in [-0.1, -0.05) is 254 Å². The lowest BCUT2D eigenvalue weighted by Gasteiger charge is -2.21. The van der Waals surface area contributed by atoms with E-state index in [1.54, 1.807) is 0 Å². The smallest absolute Gasteiger partial charge is 0.462 e. The van der Waals surface area contributed by atoms with Crippen molar-refractivity contribution < 1.29 is 80.2 Å². The van der Waals surface area contributed by atoms with Crippen LogP contribution >= 0.6 is 15.6 Å². The molecule has 0 aliphatic heterocycles. The molecule has 0 aromatic heterocycles. The molecule has 0 aromatic rings. The lowest BCUT2D eigenvalue weighted by Crippen LogP contribution is -2.30. The summed E-state index contributed by atoms with van der Waals surface area (Å²) in [6.07, 6.45) is 33.7. The number of phosphoric ester groups is 2. The molecular formula is C64H124O17P2. The van der Waals surface area contributed by atoms with Crippen molar-refractivity contribution in [3.63, 3.8) is 0 Å². The number of hydrogen-bond donors (Lipinski definition) is 3. The Kier molecular flexibility index (Phi) is 53.0. The van der Waals surface area contributed by atoms with Gasteiger partial charge in [0.25, 0.3) is 0 Å². The Morgan fingerprint density at radius 3 is 0.747 bits per heavy atom. The highest BCUT2D eigenvalue weighted by Gasteiger charge is 2.30. The maximum atomic E-state index is 13.0. The van der Waals surface area contributed by atoms with Crippen molar-refractivity contribution in [2.24, 2.45) is 23.7 Å². The van der Waals surface area contributed by atoms with E-state index in [0.29, 0.717) is 43.4 Å². The van der Waals surface area contributed by atoms with Crippen molar-refractivity contribution in [1.82, 2.24) is 0 Å². The predicted octanol–water partition coefficient (Wildman–Crippen LogP) is 17.4. The molecule has 0 rings (SSSR count). The molecule has 0 saturated carbocycles. The highest BCUT2D eigenvalue weighted by atomic mass is 31.2. The molecule has 0 radical (unpaired) electrons. The number of esters is 4. The lowest BCUT2D eigenvalue weighted by molar-refractivity contribution is -0.161. The van der Waals surface area contributed by atoms with Gasteiger partial charge in [-0.15, -0.1) is 0 Å². The van der Waals surface area contributed by atoms with Crippen LogP contribution in [0.5, 0.6) is 0 Å². The van der Waals surface area contributed by atoms with Crippen LogP contribution in [0.15, 0.2) is 0 Å². The molecule has 0 amide bonds. The maximum absolute atomic E-state index is 13.0. The van der Waals surface area contributed by atoms with Gasteiger partial charge in [0.1, 0.15) is 19.3 Å². The second-order valence-corrected chi connectivity index (χ2v) is 28.0. The van der Waals surface area contributed by atoms with Gasteiger partial charge >= 0.3 is 39.5 Å². The average molecular weight is 1230 g/mol. The van der Waals surface area contributed by atoms with E-state index in [2.05, 4.69) is 55.4 Å². The Morgan fingerprint density at radius 1 is 0.301 bits per heavy atom. The van der Waals surface area contributed by atoms with E-state index < -0.39 is 97.5 Å². The minimum absolute atomic E-state index is 0.102. The van der Waals surface area contributed by atoms with E-state index >= 15 is 0 Å². The molecule has 83 heavy (non-hydrogen) atoms. The van der Waals surface area contributed by atoms with Gasteiger partial charge in [0.15, 0.2) is 12.2 Å². The predicted molar refractivity (Wildman–Crippen MR) is 331 cm³/mol. The van der Waals surface area contributed by atoms with Crippen LogP contribution in [0.3, 0.4) is 0 Å². The molecule has 17 nitrogen and oxygen atoms in total. The van der Waals surface area contributed by atoms with Gasteiger partial charge in [0.2, 0.25) is 0 Å². The molecule has 0 aliphatic carbocycles. The largest absolute Gasteiger partial charge is 0.472 e. The number of aliphatic hydroxyl groups excluding tert-OH is 1. The van der Waals surface area contributed by atoms with Crippen LogP contribution in [0, 0.1) is 23.7 Å². The summed E-state index contributed by atoms with van der Waals surface area (Å²) in [5.74, 6) is 0.712. The van der Waals surface area contributed by atoms with Crippen LogP contribution in [0.25, 0.3) is 0 Å². The molecule has 0 aliphatic rings. The third kappa shape index (κ3) is 58.8. The van der Waals surface area contributed by atoms with E-state index in [-0.39, 0.29) is 25.7 Å². The lowest BCUT2D eigenvalue weighted by atomic mass is 10.0. The Bertz CT molecular complexity index is 1660. The molecule has 19 heteroatoms. The molecule has 0 fully saturated rings. The summed E-state index contributed by atoms with van der Waals surface area (Å²) < 4.78 is 68.0.